The highest BCUT2D eigenvalue weighted by Gasteiger charge is 2.34. The van der Waals surface area contributed by atoms with E-state index in [0.29, 0.717) is 12.8 Å². The summed E-state index contributed by atoms with van der Waals surface area (Å²) in [7, 11) is 11.5. The van der Waals surface area contributed by atoms with E-state index in [-0.39, 0.29) is 37.1 Å². The van der Waals surface area contributed by atoms with Crippen molar-refractivity contribution in [1.29, 1.82) is 0 Å². The Morgan fingerprint density at radius 2 is 2.08 bits per heavy atom. The second-order valence-electron chi connectivity index (χ2n) is 6.07. The van der Waals surface area contributed by atoms with Crippen LogP contribution in [-0.2, 0) is 16.0 Å². The molecule has 1 aliphatic heterocycles. The number of carbonyl (C=O) groups is 1. The van der Waals surface area contributed by atoms with E-state index >= 15 is 0 Å². The minimum absolute atomic E-state index is 0.0443. The summed E-state index contributed by atoms with van der Waals surface area (Å²) in [5, 5.41) is 12.1. The Morgan fingerprint density at radius 3 is 2.62 bits per heavy atom. The van der Waals surface area contributed by atoms with Gasteiger partial charge in [0, 0.05) is 29.6 Å². The lowest BCUT2D eigenvalue weighted by atomic mass is 9.08. The number of hydrogen-bond acceptors (Lipinski definition) is 4. The van der Waals surface area contributed by atoms with Gasteiger partial charge in [0.05, 0.1) is 24.8 Å². The first-order valence-electron chi connectivity index (χ1n) is 8.11. The van der Waals surface area contributed by atoms with Crippen LogP contribution in [0.25, 0.3) is 0 Å². The van der Waals surface area contributed by atoms with E-state index in [2.05, 4.69) is 20.8 Å². The molecule has 1 aliphatic rings. The summed E-state index contributed by atoms with van der Waals surface area (Å²) >= 11 is 0. The molecule has 0 saturated carbocycles. The van der Waals surface area contributed by atoms with Crippen molar-refractivity contribution in [1.82, 2.24) is 5.32 Å². The molecule has 1 amide bonds. The van der Waals surface area contributed by atoms with Gasteiger partial charge in [-0.3, -0.25) is 4.79 Å². The second kappa shape index (κ2) is 10.6. The predicted octanol–water partition coefficient (Wildman–Crippen LogP) is -1.85. The van der Waals surface area contributed by atoms with E-state index in [9.17, 15) is 9.90 Å². The van der Waals surface area contributed by atoms with Crippen LogP contribution in [0.3, 0.4) is 0 Å². The highest BCUT2D eigenvalue weighted by atomic mass is 16.5. The molecule has 9 heteroatoms. The topological polar surface area (TPSA) is 84.6 Å². The van der Waals surface area contributed by atoms with Gasteiger partial charge in [0.15, 0.2) is 0 Å². The molecule has 0 aliphatic carbocycles. The quantitative estimate of drug-likeness (QED) is 0.556. The summed E-state index contributed by atoms with van der Waals surface area (Å²) in [6, 6.07) is 8.92. The number of ether oxygens (including phenoxy) is 1. The Morgan fingerprint density at radius 1 is 1.50 bits per heavy atom. The molecule has 1 saturated heterocycles. The molecule has 124 valence electrons. The summed E-state index contributed by atoms with van der Waals surface area (Å²) in [4.78, 5) is 12.1. The molecule has 0 spiro atoms. The van der Waals surface area contributed by atoms with E-state index in [4.69, 9.17) is 18.2 Å². The summed E-state index contributed by atoms with van der Waals surface area (Å²) in [6.45, 7) is 1.84. The molecule has 4 atom stereocenters. The Bertz CT molecular complexity index is 490. The van der Waals surface area contributed by atoms with Gasteiger partial charge in [-0.2, -0.15) is 0 Å². The van der Waals surface area contributed by atoms with E-state index in [1.807, 2.05) is 37.3 Å². The lowest BCUT2D eigenvalue weighted by Gasteiger charge is -2.20. The first-order chi connectivity index (χ1) is 11.3. The fraction of sp³-hybridized carbons (Fsp3) is 0.533. The molecule has 0 bridgehead atoms. The van der Waals surface area contributed by atoms with Gasteiger partial charge in [-0.1, -0.05) is 30.3 Å². The number of nitrogens with one attached hydrogen (secondary N) is 1. The minimum Gasteiger partial charge on any atom is -0.394 e. The molecule has 5 nitrogen and oxygen atoms in total. The van der Waals surface area contributed by atoms with Gasteiger partial charge in [0.1, 0.15) is 6.10 Å². The molecule has 1 fully saturated rings. The largest absolute Gasteiger partial charge is 0.394 e. The zero-order chi connectivity index (χ0) is 18.1. The molecule has 1 aromatic carbocycles. The third kappa shape index (κ3) is 7.60. The van der Waals surface area contributed by atoms with Crippen molar-refractivity contribution in [2.75, 3.05) is 6.61 Å². The van der Waals surface area contributed by atoms with Crippen LogP contribution in [0.4, 0.5) is 0 Å². The average molecular weight is 324 g/mol. The standard InChI is InChI=1S/C15H22N2O3.B4H2/c1-10-7-13(14(9-18)20-10)17-15(19)12(16)8-11-5-3-2-4-6-11;1-4(2)3/h2-6,10,12-14,18H,7-9,16H2,1H3,(H,17,19);1-2H/t10-,12?,13?,14+;/m0./s1. The molecular formula is C15H24B4N2O3. The Hall–Kier alpha value is -1.17. The van der Waals surface area contributed by atoms with Gasteiger partial charge in [-0.25, -0.2) is 0 Å². The van der Waals surface area contributed by atoms with E-state index in [0.717, 1.165) is 5.56 Å². The number of carbonyl (C=O) groups excluding carboxylic acids is 1. The molecule has 0 aromatic heterocycles. The number of amides is 1. The van der Waals surface area contributed by atoms with Crippen LogP contribution in [0, 0.1) is 0 Å². The maximum atomic E-state index is 12.1. The lowest BCUT2D eigenvalue weighted by molar-refractivity contribution is -0.123. The van der Waals surface area contributed by atoms with Gasteiger partial charge in [-0.05, 0) is 25.3 Å². The molecule has 2 unspecified atom stereocenters. The van der Waals surface area contributed by atoms with Crippen LogP contribution in [0.15, 0.2) is 30.3 Å². The smallest absolute Gasteiger partial charge is 0.237 e. The van der Waals surface area contributed by atoms with Gasteiger partial charge in [0.25, 0.3) is 0 Å². The summed E-state index contributed by atoms with van der Waals surface area (Å²) < 4.78 is 5.52. The predicted molar refractivity (Wildman–Crippen MR) is 102 cm³/mol. The fourth-order valence-corrected chi connectivity index (χ4v) is 2.53. The molecule has 24 heavy (non-hydrogen) atoms. The van der Waals surface area contributed by atoms with Crippen molar-refractivity contribution in [3.8, 4) is 0 Å². The number of nitrogens with two attached hydrogens (primary N) is 1. The molecule has 1 aromatic rings. The van der Waals surface area contributed by atoms with Gasteiger partial charge < -0.3 is 20.9 Å². The first-order valence-corrected chi connectivity index (χ1v) is 8.11. The zero-order valence-electron chi connectivity index (χ0n) is 14.2. The van der Waals surface area contributed by atoms with Gasteiger partial charge in [-0.15, -0.1) is 0 Å². The SMILES string of the molecule is C[C@H]1CC(NC(=O)C(N)Cc2ccccc2)[C@@H](CO)O1.[B]B([BH])[BH]. The van der Waals surface area contributed by atoms with Crippen molar-refractivity contribution in [3.05, 3.63) is 35.9 Å². The number of aliphatic hydroxyl groups is 1. The van der Waals surface area contributed by atoms with Crippen molar-refractivity contribution >= 4 is 35.5 Å². The zero-order valence-corrected chi connectivity index (χ0v) is 14.2. The normalized spacial score (nSPS) is 23.7. The van der Waals surface area contributed by atoms with Crippen LogP contribution in [0.5, 0.6) is 0 Å². The highest BCUT2D eigenvalue weighted by molar-refractivity contribution is 7.49. The minimum atomic E-state index is -0.590. The Kier molecular flexibility index (Phi) is 9.26. The van der Waals surface area contributed by atoms with Crippen LogP contribution in [-0.4, -0.2) is 71.5 Å². The maximum Gasteiger partial charge on any atom is 0.237 e. The molecule has 4 N–H and O–H groups in total. The lowest BCUT2D eigenvalue weighted by Crippen LogP contribution is -2.49. The van der Waals surface area contributed by atoms with Crippen molar-refractivity contribution in [3.63, 3.8) is 0 Å². The van der Waals surface area contributed by atoms with E-state index in [1.165, 1.54) is 0 Å². The van der Waals surface area contributed by atoms with Crippen molar-refractivity contribution in [2.24, 2.45) is 5.73 Å². The Balaban J connectivity index is 0.000000648. The molecule has 1 heterocycles. The summed E-state index contributed by atoms with van der Waals surface area (Å²) in [5.74, 6) is -0.199. The third-order valence-corrected chi connectivity index (χ3v) is 3.58. The summed E-state index contributed by atoms with van der Waals surface area (Å²) in [6.07, 6.45) is 0.745. The number of rotatable bonds is 5. The van der Waals surface area contributed by atoms with Crippen LogP contribution in [0.1, 0.15) is 18.9 Å². The molecule has 2 rings (SSSR count). The monoisotopic (exact) mass is 324 g/mol. The maximum absolute atomic E-state index is 12.1. The van der Waals surface area contributed by atoms with E-state index in [1.54, 1.807) is 0 Å². The number of benzene rings is 1. The average Bonchev–Trinajstić information content (AvgIpc) is 2.87. The van der Waals surface area contributed by atoms with Crippen LogP contribution >= 0.6 is 0 Å². The number of aliphatic hydroxyl groups excluding tert-OH is 1. The van der Waals surface area contributed by atoms with Crippen LogP contribution in [0.2, 0.25) is 0 Å². The summed E-state index contributed by atoms with van der Waals surface area (Å²) in [5.41, 5.74) is 6.97. The first kappa shape index (κ1) is 20.9. The fourth-order valence-electron chi connectivity index (χ4n) is 2.53. The van der Waals surface area contributed by atoms with Crippen LogP contribution < -0.4 is 11.1 Å². The molecular weight excluding hydrogens is 299 g/mol. The van der Waals surface area contributed by atoms with Gasteiger partial charge >= 0.3 is 0 Å². The van der Waals surface area contributed by atoms with Gasteiger partial charge in [0.2, 0.25) is 5.91 Å². The third-order valence-electron chi connectivity index (χ3n) is 3.58. The van der Waals surface area contributed by atoms with E-state index < -0.39 is 6.04 Å². The van der Waals surface area contributed by atoms with Crippen molar-refractivity contribution in [2.45, 2.75) is 44.1 Å². The van der Waals surface area contributed by atoms with Crippen molar-refractivity contribution < 1.29 is 14.6 Å². The highest BCUT2D eigenvalue weighted by Crippen LogP contribution is 2.19. The number of hydrogen-bond donors (Lipinski definition) is 3. The Labute approximate surface area is 148 Å². The second-order valence-corrected chi connectivity index (χ2v) is 6.07. The molecule has 4 radical (unpaired) electrons.